The number of halogens is 2. The zero-order valence-corrected chi connectivity index (χ0v) is 12.2. The second-order valence-corrected chi connectivity index (χ2v) is 5.75. The van der Waals surface area contributed by atoms with Crippen molar-refractivity contribution in [3.8, 4) is 0 Å². The van der Waals surface area contributed by atoms with E-state index in [-0.39, 0.29) is 17.0 Å². The number of furan rings is 1. The zero-order chi connectivity index (χ0) is 16.1. The molecule has 3 aromatic rings. The van der Waals surface area contributed by atoms with E-state index in [1.165, 1.54) is 23.3 Å². The van der Waals surface area contributed by atoms with Gasteiger partial charge >= 0.3 is 0 Å². The van der Waals surface area contributed by atoms with E-state index < -0.39 is 17.4 Å². The number of carbonyl (C=O) groups is 1. The molecule has 2 N–H and O–H groups in total. The fraction of sp³-hybridized carbons (Fsp3) is 0.167. The van der Waals surface area contributed by atoms with E-state index >= 15 is 0 Å². The van der Waals surface area contributed by atoms with Crippen LogP contribution in [0.3, 0.4) is 0 Å². The van der Waals surface area contributed by atoms with Crippen molar-refractivity contribution in [1.82, 2.24) is 0 Å². The SMILES string of the molecule is Nc1c(C(=O)c2cccc(F)c2F)oc2cc3c(cc12)CCC3. The van der Waals surface area contributed by atoms with Crippen LogP contribution in [0.1, 0.15) is 33.7 Å². The number of fused-ring (bicyclic) bond motifs is 2. The summed E-state index contributed by atoms with van der Waals surface area (Å²) >= 11 is 0. The van der Waals surface area contributed by atoms with Crippen LogP contribution in [-0.2, 0) is 12.8 Å². The molecule has 0 aliphatic heterocycles. The molecule has 116 valence electrons. The quantitative estimate of drug-likeness (QED) is 0.727. The van der Waals surface area contributed by atoms with E-state index in [0.29, 0.717) is 11.0 Å². The Morgan fingerprint density at radius 1 is 1.13 bits per heavy atom. The molecule has 0 spiro atoms. The third-order valence-electron chi connectivity index (χ3n) is 4.34. The smallest absolute Gasteiger partial charge is 0.233 e. The van der Waals surface area contributed by atoms with Crippen LogP contribution in [0, 0.1) is 11.6 Å². The third kappa shape index (κ3) is 2.04. The standard InChI is InChI=1S/C18H13F2NO2/c19-13-6-2-5-11(15(13)20)17(22)18-16(21)12-7-9-3-1-4-10(9)8-14(12)23-18/h2,5-8H,1,3-4,21H2. The first-order valence-electron chi connectivity index (χ1n) is 7.38. The molecule has 5 heteroatoms. The number of ketones is 1. The number of nitrogen functional groups attached to an aromatic ring is 1. The molecule has 4 rings (SSSR count). The maximum absolute atomic E-state index is 13.8. The van der Waals surface area contributed by atoms with Gasteiger partial charge in [-0.1, -0.05) is 6.07 Å². The summed E-state index contributed by atoms with van der Waals surface area (Å²) in [7, 11) is 0. The Kier molecular flexibility index (Phi) is 2.98. The van der Waals surface area contributed by atoms with Crippen molar-refractivity contribution in [3.05, 3.63) is 64.4 Å². The van der Waals surface area contributed by atoms with E-state index in [4.69, 9.17) is 10.2 Å². The van der Waals surface area contributed by atoms with Gasteiger partial charge in [-0.25, -0.2) is 8.78 Å². The first-order valence-corrected chi connectivity index (χ1v) is 7.38. The van der Waals surface area contributed by atoms with Crippen LogP contribution in [0.5, 0.6) is 0 Å². The molecular weight excluding hydrogens is 300 g/mol. The maximum Gasteiger partial charge on any atom is 0.233 e. The first kappa shape index (κ1) is 13.9. The summed E-state index contributed by atoms with van der Waals surface area (Å²) in [6.07, 6.45) is 3.02. The molecular formula is C18H13F2NO2. The lowest BCUT2D eigenvalue weighted by Crippen LogP contribution is -2.07. The highest BCUT2D eigenvalue weighted by atomic mass is 19.2. The van der Waals surface area contributed by atoms with Gasteiger partial charge in [-0.2, -0.15) is 0 Å². The summed E-state index contributed by atoms with van der Waals surface area (Å²) in [4.78, 5) is 12.5. The van der Waals surface area contributed by atoms with E-state index in [0.717, 1.165) is 25.3 Å². The van der Waals surface area contributed by atoms with Crippen LogP contribution in [0.15, 0.2) is 34.7 Å². The molecule has 0 amide bonds. The lowest BCUT2D eigenvalue weighted by atomic mass is 10.0. The van der Waals surface area contributed by atoms with Gasteiger partial charge in [-0.15, -0.1) is 0 Å². The highest BCUT2D eigenvalue weighted by Crippen LogP contribution is 2.35. The molecule has 23 heavy (non-hydrogen) atoms. The van der Waals surface area contributed by atoms with Gasteiger partial charge in [0.15, 0.2) is 17.4 Å². The van der Waals surface area contributed by atoms with E-state index in [1.54, 1.807) is 0 Å². The number of hydrogen-bond donors (Lipinski definition) is 1. The van der Waals surface area contributed by atoms with Crippen molar-refractivity contribution in [2.75, 3.05) is 5.73 Å². The van der Waals surface area contributed by atoms with Crippen molar-refractivity contribution in [2.24, 2.45) is 0 Å². The summed E-state index contributed by atoms with van der Waals surface area (Å²) in [5, 5.41) is 0.644. The van der Waals surface area contributed by atoms with Gasteiger partial charge in [-0.3, -0.25) is 4.79 Å². The summed E-state index contributed by atoms with van der Waals surface area (Å²) in [5.41, 5.74) is 8.69. The zero-order valence-electron chi connectivity index (χ0n) is 12.2. The van der Waals surface area contributed by atoms with Crippen LogP contribution >= 0.6 is 0 Å². The van der Waals surface area contributed by atoms with E-state index in [1.807, 2.05) is 12.1 Å². The van der Waals surface area contributed by atoms with Crippen LogP contribution in [-0.4, -0.2) is 5.78 Å². The monoisotopic (exact) mass is 313 g/mol. The maximum atomic E-state index is 13.8. The van der Waals surface area contributed by atoms with Gasteiger partial charge in [-0.05, 0) is 54.7 Å². The summed E-state index contributed by atoms with van der Waals surface area (Å²) in [6, 6.07) is 7.26. The minimum atomic E-state index is -1.19. The fourth-order valence-corrected chi connectivity index (χ4v) is 3.15. The topological polar surface area (TPSA) is 56.2 Å². The molecule has 0 fully saturated rings. The molecule has 0 bridgehead atoms. The third-order valence-corrected chi connectivity index (χ3v) is 4.34. The Morgan fingerprint density at radius 2 is 1.87 bits per heavy atom. The molecule has 0 radical (unpaired) electrons. The van der Waals surface area contributed by atoms with Gasteiger partial charge in [0.1, 0.15) is 5.58 Å². The summed E-state index contributed by atoms with van der Waals surface area (Å²) in [5.74, 6) is -3.17. The molecule has 1 heterocycles. The van der Waals surface area contributed by atoms with Crippen molar-refractivity contribution in [2.45, 2.75) is 19.3 Å². The van der Waals surface area contributed by atoms with E-state index in [2.05, 4.69) is 0 Å². The van der Waals surface area contributed by atoms with Gasteiger partial charge in [0, 0.05) is 5.39 Å². The molecule has 1 aromatic heterocycles. The number of hydrogen-bond acceptors (Lipinski definition) is 3. The number of nitrogens with two attached hydrogens (primary N) is 1. The number of rotatable bonds is 2. The van der Waals surface area contributed by atoms with Crippen molar-refractivity contribution in [3.63, 3.8) is 0 Å². The predicted octanol–water partition coefficient (Wildman–Crippen LogP) is 4.01. The highest BCUT2D eigenvalue weighted by Gasteiger charge is 2.25. The number of carbonyl (C=O) groups excluding carboxylic acids is 1. The minimum absolute atomic E-state index is 0.145. The van der Waals surface area contributed by atoms with Gasteiger partial charge < -0.3 is 10.2 Å². The molecule has 0 unspecified atom stereocenters. The Bertz CT molecular complexity index is 959. The molecule has 3 nitrogen and oxygen atoms in total. The summed E-state index contributed by atoms with van der Waals surface area (Å²) < 4.78 is 32.7. The normalized spacial score (nSPS) is 13.5. The largest absolute Gasteiger partial charge is 0.450 e. The van der Waals surface area contributed by atoms with Gasteiger partial charge in [0.25, 0.3) is 0 Å². The predicted molar refractivity (Wildman–Crippen MR) is 82.4 cm³/mol. The second-order valence-electron chi connectivity index (χ2n) is 5.75. The lowest BCUT2D eigenvalue weighted by Gasteiger charge is -2.01. The minimum Gasteiger partial charge on any atom is -0.450 e. The Morgan fingerprint density at radius 3 is 2.65 bits per heavy atom. The molecule has 0 atom stereocenters. The molecule has 1 aliphatic rings. The Labute approximate surface area is 130 Å². The summed E-state index contributed by atoms with van der Waals surface area (Å²) in [6.45, 7) is 0. The number of aryl methyl sites for hydroxylation is 2. The first-order chi connectivity index (χ1) is 11.1. The average Bonchev–Trinajstić information content (AvgIpc) is 3.12. The molecule has 1 aliphatic carbocycles. The van der Waals surface area contributed by atoms with Crippen LogP contribution in [0.2, 0.25) is 0 Å². The Balaban J connectivity index is 1.87. The lowest BCUT2D eigenvalue weighted by molar-refractivity contribution is 0.101. The fourth-order valence-electron chi connectivity index (χ4n) is 3.15. The molecule has 2 aromatic carbocycles. The van der Waals surface area contributed by atoms with Gasteiger partial charge in [0.2, 0.25) is 5.78 Å². The Hall–Kier alpha value is -2.69. The number of anilines is 1. The van der Waals surface area contributed by atoms with Crippen molar-refractivity contribution < 1.29 is 18.0 Å². The molecule has 0 saturated heterocycles. The van der Waals surface area contributed by atoms with Crippen LogP contribution in [0.4, 0.5) is 14.5 Å². The highest BCUT2D eigenvalue weighted by molar-refractivity contribution is 6.14. The molecule has 0 saturated carbocycles. The van der Waals surface area contributed by atoms with Crippen molar-refractivity contribution >= 4 is 22.4 Å². The number of benzene rings is 2. The van der Waals surface area contributed by atoms with Crippen LogP contribution < -0.4 is 5.73 Å². The van der Waals surface area contributed by atoms with Gasteiger partial charge in [0.05, 0.1) is 11.3 Å². The second kappa shape index (κ2) is 4.91. The van der Waals surface area contributed by atoms with Crippen LogP contribution in [0.25, 0.3) is 11.0 Å². The average molecular weight is 313 g/mol. The van der Waals surface area contributed by atoms with Crippen molar-refractivity contribution in [1.29, 1.82) is 0 Å². The van der Waals surface area contributed by atoms with E-state index in [9.17, 15) is 13.6 Å².